The molecule has 86 valence electrons. The molecule has 0 aliphatic carbocycles. The average Bonchev–Trinajstić information content (AvgIpc) is 2.75. The molecule has 0 radical (unpaired) electrons. The van der Waals surface area contributed by atoms with Crippen molar-refractivity contribution in [1.29, 1.82) is 0 Å². The number of H-pyrrole nitrogens is 1. The molecular weight excluding hydrogens is 184 g/mol. The molecule has 1 aromatic rings. The Morgan fingerprint density at radius 2 is 2.13 bits per heavy atom. The van der Waals surface area contributed by atoms with Crippen molar-refractivity contribution < 1.29 is 0 Å². The minimum Gasteiger partial charge on any atom is -0.348 e. The largest absolute Gasteiger partial charge is 0.348 e. The summed E-state index contributed by atoms with van der Waals surface area (Å²) in [5.74, 6) is 0.835. The van der Waals surface area contributed by atoms with E-state index in [1.165, 1.54) is 50.6 Å². The Kier molecular flexibility index (Phi) is 6.14. The van der Waals surface area contributed by atoms with Gasteiger partial charge in [0.05, 0.1) is 6.33 Å². The molecule has 2 heteroatoms. The maximum absolute atomic E-state index is 4.06. The van der Waals surface area contributed by atoms with Crippen LogP contribution in [-0.2, 0) is 6.42 Å². The van der Waals surface area contributed by atoms with Gasteiger partial charge in [-0.3, -0.25) is 0 Å². The predicted octanol–water partition coefficient (Wildman–Crippen LogP) is 3.95. The Bertz CT molecular complexity index is 229. The van der Waals surface area contributed by atoms with Crippen LogP contribution in [0.15, 0.2) is 12.5 Å². The van der Waals surface area contributed by atoms with E-state index in [1.54, 1.807) is 6.33 Å². The normalized spacial score (nSPS) is 12.9. The van der Waals surface area contributed by atoms with Gasteiger partial charge in [-0.1, -0.05) is 52.4 Å². The predicted molar refractivity (Wildman–Crippen MR) is 64.8 cm³/mol. The van der Waals surface area contributed by atoms with E-state index in [2.05, 4.69) is 23.8 Å². The lowest BCUT2D eigenvalue weighted by atomic mass is 9.94. The van der Waals surface area contributed by atoms with Crippen LogP contribution in [0.2, 0.25) is 0 Å². The lowest BCUT2D eigenvalue weighted by Crippen LogP contribution is -2.03. The van der Waals surface area contributed by atoms with E-state index < -0.39 is 0 Å². The van der Waals surface area contributed by atoms with Gasteiger partial charge in [-0.25, -0.2) is 4.98 Å². The molecule has 1 rings (SSSR count). The number of unbranched alkanes of at least 4 members (excludes halogenated alkanes) is 3. The summed E-state index contributed by atoms with van der Waals surface area (Å²) in [6, 6.07) is 0. The van der Waals surface area contributed by atoms with E-state index >= 15 is 0 Å². The summed E-state index contributed by atoms with van der Waals surface area (Å²) in [7, 11) is 0. The summed E-state index contributed by atoms with van der Waals surface area (Å²) >= 11 is 0. The molecule has 0 aromatic carbocycles. The van der Waals surface area contributed by atoms with E-state index in [0.29, 0.717) is 0 Å². The highest BCUT2D eigenvalue weighted by molar-refractivity contribution is 4.95. The Labute approximate surface area is 93.5 Å². The highest BCUT2D eigenvalue weighted by Crippen LogP contribution is 2.18. The van der Waals surface area contributed by atoms with Crippen molar-refractivity contribution in [2.24, 2.45) is 5.92 Å². The zero-order valence-electron chi connectivity index (χ0n) is 10.1. The Hall–Kier alpha value is -0.790. The van der Waals surface area contributed by atoms with Crippen LogP contribution in [0.25, 0.3) is 0 Å². The quantitative estimate of drug-likeness (QED) is 0.644. The smallest absolute Gasteiger partial charge is 0.0921 e. The number of rotatable bonds is 8. The van der Waals surface area contributed by atoms with Crippen molar-refractivity contribution in [2.45, 2.75) is 58.8 Å². The highest BCUT2D eigenvalue weighted by Gasteiger charge is 2.07. The second kappa shape index (κ2) is 7.49. The second-order valence-corrected chi connectivity index (χ2v) is 4.40. The molecule has 0 saturated heterocycles. The van der Waals surface area contributed by atoms with Gasteiger partial charge in [0, 0.05) is 11.9 Å². The van der Waals surface area contributed by atoms with Crippen LogP contribution in [-0.4, -0.2) is 9.97 Å². The molecule has 1 atom stereocenters. The maximum Gasteiger partial charge on any atom is 0.0921 e. The summed E-state index contributed by atoms with van der Waals surface area (Å²) < 4.78 is 0. The molecule has 1 N–H and O–H groups in total. The Morgan fingerprint density at radius 3 is 2.73 bits per heavy atom. The SMILES string of the molecule is CCCCCCC(CC)Cc1cnc[nH]1. The molecule has 0 amide bonds. The van der Waals surface area contributed by atoms with Gasteiger partial charge in [-0.2, -0.15) is 0 Å². The molecule has 0 spiro atoms. The molecule has 1 unspecified atom stereocenters. The molecule has 0 bridgehead atoms. The monoisotopic (exact) mass is 208 g/mol. The van der Waals surface area contributed by atoms with Crippen molar-refractivity contribution in [3.05, 3.63) is 18.2 Å². The van der Waals surface area contributed by atoms with E-state index in [0.717, 1.165) is 5.92 Å². The molecule has 15 heavy (non-hydrogen) atoms. The topological polar surface area (TPSA) is 28.7 Å². The molecule has 0 aliphatic heterocycles. The van der Waals surface area contributed by atoms with Gasteiger partial charge in [0.15, 0.2) is 0 Å². The Morgan fingerprint density at radius 1 is 1.27 bits per heavy atom. The molecule has 0 aliphatic rings. The first kappa shape index (κ1) is 12.3. The molecule has 0 saturated carbocycles. The van der Waals surface area contributed by atoms with Crippen molar-refractivity contribution in [3.8, 4) is 0 Å². The minimum atomic E-state index is 0.835. The minimum absolute atomic E-state index is 0.835. The Balaban J connectivity index is 2.18. The molecule has 1 heterocycles. The summed E-state index contributed by atoms with van der Waals surface area (Å²) in [4.78, 5) is 7.26. The summed E-state index contributed by atoms with van der Waals surface area (Å²) in [5, 5.41) is 0. The van der Waals surface area contributed by atoms with Crippen LogP contribution >= 0.6 is 0 Å². The first-order chi connectivity index (χ1) is 7.36. The van der Waals surface area contributed by atoms with Crippen LogP contribution in [0.3, 0.4) is 0 Å². The van der Waals surface area contributed by atoms with Crippen LogP contribution in [0.4, 0.5) is 0 Å². The van der Waals surface area contributed by atoms with Crippen LogP contribution < -0.4 is 0 Å². The maximum atomic E-state index is 4.06. The fourth-order valence-electron chi connectivity index (χ4n) is 2.02. The second-order valence-electron chi connectivity index (χ2n) is 4.40. The standard InChI is InChI=1S/C13H24N2/c1-3-5-6-7-8-12(4-2)9-13-10-14-11-15-13/h10-12H,3-9H2,1-2H3,(H,14,15). The van der Waals surface area contributed by atoms with Crippen LogP contribution in [0.5, 0.6) is 0 Å². The fourth-order valence-corrected chi connectivity index (χ4v) is 2.02. The van der Waals surface area contributed by atoms with E-state index in [1.807, 2.05) is 6.20 Å². The number of imidazole rings is 1. The van der Waals surface area contributed by atoms with Gasteiger partial charge in [0.2, 0.25) is 0 Å². The van der Waals surface area contributed by atoms with Gasteiger partial charge in [-0.05, 0) is 12.3 Å². The van der Waals surface area contributed by atoms with Crippen LogP contribution in [0, 0.1) is 5.92 Å². The van der Waals surface area contributed by atoms with Gasteiger partial charge < -0.3 is 4.98 Å². The van der Waals surface area contributed by atoms with E-state index in [9.17, 15) is 0 Å². The van der Waals surface area contributed by atoms with Gasteiger partial charge in [-0.15, -0.1) is 0 Å². The zero-order chi connectivity index (χ0) is 10.9. The van der Waals surface area contributed by atoms with Gasteiger partial charge in [0.25, 0.3) is 0 Å². The van der Waals surface area contributed by atoms with Gasteiger partial charge in [0.1, 0.15) is 0 Å². The first-order valence-electron chi connectivity index (χ1n) is 6.34. The van der Waals surface area contributed by atoms with Crippen molar-refractivity contribution in [3.63, 3.8) is 0 Å². The third-order valence-electron chi connectivity index (χ3n) is 3.11. The van der Waals surface area contributed by atoms with Crippen molar-refractivity contribution in [2.75, 3.05) is 0 Å². The molecule has 2 nitrogen and oxygen atoms in total. The number of nitrogens with zero attached hydrogens (tertiary/aromatic N) is 1. The van der Waals surface area contributed by atoms with Gasteiger partial charge >= 0.3 is 0 Å². The zero-order valence-corrected chi connectivity index (χ0v) is 10.1. The van der Waals surface area contributed by atoms with E-state index in [-0.39, 0.29) is 0 Å². The van der Waals surface area contributed by atoms with Crippen molar-refractivity contribution in [1.82, 2.24) is 9.97 Å². The molecule has 0 fully saturated rings. The lowest BCUT2D eigenvalue weighted by molar-refractivity contribution is 0.436. The third kappa shape index (κ3) is 5.01. The van der Waals surface area contributed by atoms with E-state index in [4.69, 9.17) is 0 Å². The summed E-state index contributed by atoms with van der Waals surface area (Å²) in [6.07, 6.45) is 13.1. The molecular formula is C13H24N2. The summed E-state index contributed by atoms with van der Waals surface area (Å²) in [5.41, 5.74) is 1.29. The highest BCUT2D eigenvalue weighted by atomic mass is 14.9. The van der Waals surface area contributed by atoms with Crippen molar-refractivity contribution >= 4 is 0 Å². The summed E-state index contributed by atoms with van der Waals surface area (Å²) in [6.45, 7) is 4.56. The number of hydrogen-bond acceptors (Lipinski definition) is 1. The average molecular weight is 208 g/mol. The first-order valence-corrected chi connectivity index (χ1v) is 6.34. The lowest BCUT2D eigenvalue weighted by Gasteiger charge is -2.13. The fraction of sp³-hybridized carbons (Fsp3) is 0.769. The third-order valence-corrected chi connectivity index (χ3v) is 3.11. The number of aromatic nitrogens is 2. The van der Waals surface area contributed by atoms with Crippen LogP contribution in [0.1, 0.15) is 58.1 Å². The number of hydrogen-bond donors (Lipinski definition) is 1. The number of aromatic amines is 1. The number of nitrogens with one attached hydrogen (secondary N) is 1. The molecule has 1 aromatic heterocycles.